The molecule has 3 heterocycles. The molecule has 0 saturated carbocycles. The third-order valence-electron chi connectivity index (χ3n) is 5.69. The minimum Gasteiger partial charge on any atom is -0.354 e. The number of anilines is 1. The van der Waals surface area contributed by atoms with Crippen LogP contribution in [-0.4, -0.2) is 45.8 Å². The van der Waals surface area contributed by atoms with Crippen LogP contribution < -0.4 is 4.90 Å². The van der Waals surface area contributed by atoms with Gasteiger partial charge in [-0.15, -0.1) is 0 Å². The fourth-order valence-electron chi connectivity index (χ4n) is 3.80. The summed E-state index contributed by atoms with van der Waals surface area (Å²) in [5.74, 6) is 0.731. The molecule has 0 N–H and O–H groups in total. The van der Waals surface area contributed by atoms with Crippen LogP contribution in [-0.2, 0) is 19.8 Å². The maximum absolute atomic E-state index is 13.2. The van der Waals surface area contributed by atoms with Crippen molar-refractivity contribution in [3.05, 3.63) is 65.6 Å². The predicted octanol–water partition coefficient (Wildman–Crippen LogP) is 4.13. The number of hydrogen-bond donors (Lipinski definition) is 0. The van der Waals surface area contributed by atoms with Crippen LogP contribution in [0.25, 0.3) is 11.1 Å². The van der Waals surface area contributed by atoms with Crippen molar-refractivity contribution in [2.24, 2.45) is 7.05 Å². The summed E-state index contributed by atoms with van der Waals surface area (Å²) >= 11 is 0. The molecule has 0 spiro atoms. The zero-order valence-corrected chi connectivity index (χ0v) is 17.0. The van der Waals surface area contributed by atoms with E-state index in [1.165, 1.54) is 17.7 Å². The number of pyridine rings is 1. The molecule has 1 fully saturated rings. The van der Waals surface area contributed by atoms with E-state index in [0.717, 1.165) is 55.9 Å². The number of nitrogens with zero attached hydrogens (tertiary/aromatic N) is 5. The van der Waals surface area contributed by atoms with Crippen LogP contribution in [0.15, 0.2) is 48.8 Å². The molecular weight excluding hydrogens is 391 g/mol. The summed E-state index contributed by atoms with van der Waals surface area (Å²) in [7, 11) is 1.94. The van der Waals surface area contributed by atoms with E-state index in [2.05, 4.69) is 26.8 Å². The average molecular weight is 415 g/mol. The van der Waals surface area contributed by atoms with E-state index < -0.39 is 11.7 Å². The summed E-state index contributed by atoms with van der Waals surface area (Å²) in [5, 5.41) is 4.30. The minimum absolute atomic E-state index is 0.529. The lowest BCUT2D eigenvalue weighted by Crippen LogP contribution is -2.46. The Balaban J connectivity index is 1.51. The van der Waals surface area contributed by atoms with E-state index in [9.17, 15) is 13.2 Å². The molecule has 0 bridgehead atoms. The minimum atomic E-state index is -4.37. The van der Waals surface area contributed by atoms with Crippen molar-refractivity contribution in [1.82, 2.24) is 19.7 Å². The summed E-state index contributed by atoms with van der Waals surface area (Å²) in [4.78, 5) is 9.03. The van der Waals surface area contributed by atoms with E-state index in [0.29, 0.717) is 5.56 Å². The van der Waals surface area contributed by atoms with Gasteiger partial charge in [-0.25, -0.2) is 4.98 Å². The van der Waals surface area contributed by atoms with Gasteiger partial charge in [0.1, 0.15) is 5.82 Å². The third-order valence-corrected chi connectivity index (χ3v) is 5.69. The molecule has 0 amide bonds. The first-order chi connectivity index (χ1) is 14.3. The molecule has 8 heteroatoms. The number of aromatic nitrogens is 3. The lowest BCUT2D eigenvalue weighted by Gasteiger charge is -2.36. The Labute approximate surface area is 173 Å². The van der Waals surface area contributed by atoms with Crippen molar-refractivity contribution < 1.29 is 13.2 Å². The second-order valence-corrected chi connectivity index (χ2v) is 7.60. The average Bonchev–Trinajstić information content (AvgIpc) is 3.06. The fourth-order valence-corrected chi connectivity index (χ4v) is 3.80. The van der Waals surface area contributed by atoms with Crippen molar-refractivity contribution in [3.63, 3.8) is 0 Å². The predicted molar refractivity (Wildman–Crippen MR) is 110 cm³/mol. The second kappa shape index (κ2) is 8.10. The molecule has 1 aliphatic rings. The fraction of sp³-hybridized carbons (Fsp3) is 0.364. The standard InChI is InChI=1S/C22H24F3N5/c1-16-18(14-27-28(16)2)15-29-9-11-30(12-10-29)21-20(7-4-8-26-21)17-5-3-6-19(13-17)22(23,24)25/h3-8,13-14H,9-12,15H2,1-2H3. The van der Waals surface area contributed by atoms with Crippen molar-refractivity contribution in [3.8, 4) is 11.1 Å². The molecule has 30 heavy (non-hydrogen) atoms. The summed E-state index contributed by atoms with van der Waals surface area (Å²) < 4.78 is 41.3. The maximum Gasteiger partial charge on any atom is 0.416 e. The molecule has 158 valence electrons. The Morgan fingerprint density at radius 1 is 1.03 bits per heavy atom. The topological polar surface area (TPSA) is 37.2 Å². The highest BCUT2D eigenvalue weighted by Crippen LogP contribution is 2.35. The Bertz CT molecular complexity index is 1020. The van der Waals surface area contributed by atoms with Gasteiger partial charge in [0.2, 0.25) is 0 Å². The molecule has 4 rings (SSSR count). The van der Waals surface area contributed by atoms with Crippen LogP contribution in [0.4, 0.5) is 19.0 Å². The lowest BCUT2D eigenvalue weighted by molar-refractivity contribution is -0.137. The van der Waals surface area contributed by atoms with Gasteiger partial charge in [0.15, 0.2) is 0 Å². The Morgan fingerprint density at radius 2 is 1.80 bits per heavy atom. The van der Waals surface area contributed by atoms with E-state index in [4.69, 9.17) is 0 Å². The smallest absolute Gasteiger partial charge is 0.354 e. The van der Waals surface area contributed by atoms with Crippen LogP contribution in [0, 0.1) is 6.92 Å². The molecular formula is C22H24F3N5. The first kappa shape index (κ1) is 20.4. The number of aryl methyl sites for hydroxylation is 1. The molecule has 1 aliphatic heterocycles. The van der Waals surface area contributed by atoms with Gasteiger partial charge < -0.3 is 4.90 Å². The van der Waals surface area contributed by atoms with Gasteiger partial charge in [-0.3, -0.25) is 9.58 Å². The van der Waals surface area contributed by atoms with Gasteiger partial charge in [-0.05, 0) is 36.8 Å². The van der Waals surface area contributed by atoms with Crippen LogP contribution in [0.1, 0.15) is 16.8 Å². The van der Waals surface area contributed by atoms with Gasteiger partial charge in [-0.1, -0.05) is 12.1 Å². The summed E-state index contributed by atoms with van der Waals surface area (Å²) in [6.07, 6.45) is -0.765. The largest absolute Gasteiger partial charge is 0.416 e. The van der Waals surface area contributed by atoms with Gasteiger partial charge in [0, 0.05) is 62.8 Å². The van der Waals surface area contributed by atoms with Crippen molar-refractivity contribution in [2.45, 2.75) is 19.6 Å². The van der Waals surface area contributed by atoms with Crippen molar-refractivity contribution >= 4 is 5.82 Å². The molecule has 1 aromatic carbocycles. The Morgan fingerprint density at radius 3 is 2.47 bits per heavy atom. The maximum atomic E-state index is 13.2. The molecule has 0 atom stereocenters. The number of rotatable bonds is 4. The number of hydrogen-bond acceptors (Lipinski definition) is 4. The number of piperazine rings is 1. The quantitative estimate of drug-likeness (QED) is 0.642. The summed E-state index contributed by atoms with van der Waals surface area (Å²) in [6, 6.07) is 9.05. The van der Waals surface area contributed by atoms with E-state index in [1.807, 2.05) is 24.0 Å². The van der Waals surface area contributed by atoms with Crippen LogP contribution in [0.5, 0.6) is 0 Å². The van der Waals surface area contributed by atoms with Crippen molar-refractivity contribution in [1.29, 1.82) is 0 Å². The highest BCUT2D eigenvalue weighted by molar-refractivity contribution is 5.76. The molecule has 0 radical (unpaired) electrons. The summed E-state index contributed by atoms with van der Waals surface area (Å²) in [6.45, 7) is 6.15. The highest BCUT2D eigenvalue weighted by atomic mass is 19.4. The molecule has 0 unspecified atom stereocenters. The molecule has 5 nitrogen and oxygen atoms in total. The number of alkyl halides is 3. The third kappa shape index (κ3) is 4.18. The number of halogens is 3. The first-order valence-electron chi connectivity index (χ1n) is 9.90. The van der Waals surface area contributed by atoms with Gasteiger partial charge in [-0.2, -0.15) is 18.3 Å². The first-order valence-corrected chi connectivity index (χ1v) is 9.90. The second-order valence-electron chi connectivity index (χ2n) is 7.60. The van der Waals surface area contributed by atoms with Crippen LogP contribution in [0.3, 0.4) is 0 Å². The molecule has 3 aromatic rings. The van der Waals surface area contributed by atoms with Crippen LogP contribution >= 0.6 is 0 Å². The highest BCUT2D eigenvalue weighted by Gasteiger charge is 2.31. The van der Waals surface area contributed by atoms with Gasteiger partial charge >= 0.3 is 6.18 Å². The van der Waals surface area contributed by atoms with E-state index in [-0.39, 0.29) is 0 Å². The van der Waals surface area contributed by atoms with E-state index >= 15 is 0 Å². The monoisotopic (exact) mass is 415 g/mol. The summed E-state index contributed by atoms with van der Waals surface area (Å²) in [5.41, 5.74) is 2.98. The van der Waals surface area contributed by atoms with Crippen LogP contribution in [0.2, 0.25) is 0 Å². The lowest BCUT2D eigenvalue weighted by atomic mass is 10.0. The zero-order valence-electron chi connectivity index (χ0n) is 17.0. The van der Waals surface area contributed by atoms with E-state index in [1.54, 1.807) is 18.3 Å². The van der Waals surface area contributed by atoms with Crippen molar-refractivity contribution in [2.75, 3.05) is 31.1 Å². The molecule has 0 aliphatic carbocycles. The zero-order chi connectivity index (χ0) is 21.3. The SMILES string of the molecule is Cc1c(CN2CCN(c3ncccc3-c3cccc(C(F)(F)F)c3)CC2)cnn1C. The van der Waals surface area contributed by atoms with Gasteiger partial charge in [0.05, 0.1) is 11.8 Å². The van der Waals surface area contributed by atoms with Gasteiger partial charge in [0.25, 0.3) is 0 Å². The normalized spacial score (nSPS) is 15.6. The Hall–Kier alpha value is -2.87. The Kier molecular flexibility index (Phi) is 5.51. The number of benzene rings is 1. The molecule has 1 saturated heterocycles. The molecule has 2 aromatic heterocycles.